The van der Waals surface area contributed by atoms with E-state index in [4.69, 9.17) is 0 Å². The molecule has 1 atom stereocenters. The van der Waals surface area contributed by atoms with Crippen molar-refractivity contribution in [1.29, 1.82) is 0 Å². The Morgan fingerprint density at radius 2 is 2.25 bits per heavy atom. The van der Waals surface area contributed by atoms with Crippen molar-refractivity contribution in [3.05, 3.63) is 23.9 Å². The summed E-state index contributed by atoms with van der Waals surface area (Å²) in [4.78, 5) is 15.5. The van der Waals surface area contributed by atoms with Crippen molar-refractivity contribution in [2.75, 3.05) is 6.54 Å². The topological polar surface area (TPSA) is 32.7 Å². The average Bonchev–Trinajstić information content (AvgIpc) is 2.53. The highest BCUT2D eigenvalue weighted by atomic mass is 19.4. The Morgan fingerprint density at radius 1 is 1.56 bits per heavy atom. The maximum atomic E-state index is 12.7. The van der Waals surface area contributed by atoms with E-state index in [1.54, 1.807) is 0 Å². The molecule has 0 spiro atoms. The molecule has 1 unspecified atom stereocenters. The van der Waals surface area contributed by atoms with Crippen LogP contribution in [0.2, 0.25) is 0 Å². The van der Waals surface area contributed by atoms with Crippen LogP contribution in [0, 0.1) is 0 Å². The van der Waals surface area contributed by atoms with Crippen molar-refractivity contribution in [2.45, 2.75) is 18.6 Å². The minimum atomic E-state index is -4.39. The number of allylic oxidation sites excluding steroid dienone is 2. The molecule has 2 aliphatic heterocycles. The van der Waals surface area contributed by atoms with Crippen LogP contribution < -0.4 is 0 Å². The van der Waals surface area contributed by atoms with Gasteiger partial charge < -0.3 is 4.90 Å². The molecule has 0 saturated carbocycles. The molecule has 3 nitrogen and oxygen atoms in total. The molecule has 0 amide bonds. The molecule has 2 heterocycles. The fraction of sp³-hybridized carbons (Fsp3) is 0.400. The summed E-state index contributed by atoms with van der Waals surface area (Å²) in [6.07, 6.45) is 0.456. The van der Waals surface area contributed by atoms with Crippen molar-refractivity contribution >= 4 is 12.1 Å². The zero-order chi connectivity index (χ0) is 12.0. The molecular weight excluding hydrogens is 221 g/mol. The summed E-state index contributed by atoms with van der Waals surface area (Å²) in [6, 6.07) is 0. The molecule has 16 heavy (non-hydrogen) atoms. The fourth-order valence-electron chi connectivity index (χ4n) is 1.61. The Kier molecular flexibility index (Phi) is 2.18. The standard InChI is InChI=1S/C10H9F3N2O/c1-9(10(11,12)13)6-15-3-2-7(5-16)4-8(15)14-9/h2-5H,6H2,1H3. The molecular formula is C10H9F3N2O. The Hall–Kier alpha value is -1.59. The SMILES string of the molecule is CC1(C(F)(F)F)CN2C=CC(C=O)=CC2=N1. The van der Waals surface area contributed by atoms with Gasteiger partial charge in [0.25, 0.3) is 0 Å². The van der Waals surface area contributed by atoms with Gasteiger partial charge in [-0.3, -0.25) is 9.79 Å². The molecule has 0 radical (unpaired) electrons. The van der Waals surface area contributed by atoms with Crippen LogP contribution in [0.15, 0.2) is 28.9 Å². The third-order valence-electron chi connectivity index (χ3n) is 2.62. The number of hydrogen-bond acceptors (Lipinski definition) is 3. The number of rotatable bonds is 1. The highest BCUT2D eigenvalue weighted by molar-refractivity contribution is 6.02. The van der Waals surface area contributed by atoms with Crippen LogP contribution >= 0.6 is 0 Å². The predicted molar refractivity (Wildman–Crippen MR) is 51.9 cm³/mol. The Morgan fingerprint density at radius 3 is 2.81 bits per heavy atom. The minimum absolute atomic E-state index is 0.185. The maximum absolute atomic E-state index is 12.7. The van der Waals surface area contributed by atoms with Gasteiger partial charge in [0.15, 0.2) is 5.54 Å². The maximum Gasteiger partial charge on any atom is 0.415 e. The van der Waals surface area contributed by atoms with E-state index in [2.05, 4.69) is 4.99 Å². The molecule has 2 rings (SSSR count). The zero-order valence-corrected chi connectivity index (χ0v) is 8.45. The lowest BCUT2D eigenvalue weighted by Gasteiger charge is -2.25. The largest absolute Gasteiger partial charge is 0.415 e. The lowest BCUT2D eigenvalue weighted by atomic mass is 10.0. The van der Waals surface area contributed by atoms with E-state index in [0.717, 1.165) is 6.92 Å². The van der Waals surface area contributed by atoms with Crippen molar-refractivity contribution < 1.29 is 18.0 Å². The van der Waals surface area contributed by atoms with Crippen LogP contribution in [-0.2, 0) is 4.79 Å². The minimum Gasteiger partial charge on any atom is -0.330 e. The van der Waals surface area contributed by atoms with Gasteiger partial charge in [-0.2, -0.15) is 13.2 Å². The van der Waals surface area contributed by atoms with Gasteiger partial charge in [0.1, 0.15) is 12.1 Å². The quantitative estimate of drug-likeness (QED) is 0.642. The summed E-state index contributed by atoms with van der Waals surface area (Å²) in [6.45, 7) is 0.797. The lowest BCUT2D eigenvalue weighted by Crippen LogP contribution is -2.44. The first kappa shape index (κ1) is 10.9. The summed E-state index contributed by atoms with van der Waals surface area (Å²) in [7, 11) is 0. The van der Waals surface area contributed by atoms with Crippen molar-refractivity contribution in [2.24, 2.45) is 4.99 Å². The Labute approximate surface area is 89.9 Å². The first-order chi connectivity index (χ1) is 7.36. The van der Waals surface area contributed by atoms with Crippen LogP contribution in [0.5, 0.6) is 0 Å². The summed E-state index contributed by atoms with van der Waals surface area (Å²) in [5.41, 5.74) is -1.77. The third kappa shape index (κ3) is 1.54. The van der Waals surface area contributed by atoms with Crippen LogP contribution in [0.4, 0.5) is 13.2 Å². The molecule has 2 aliphatic rings. The van der Waals surface area contributed by atoms with E-state index in [0.29, 0.717) is 11.9 Å². The number of halogens is 3. The molecule has 0 bridgehead atoms. The van der Waals surface area contributed by atoms with Gasteiger partial charge >= 0.3 is 6.18 Å². The van der Waals surface area contributed by atoms with Gasteiger partial charge in [0.2, 0.25) is 0 Å². The van der Waals surface area contributed by atoms with E-state index in [-0.39, 0.29) is 12.4 Å². The highest BCUT2D eigenvalue weighted by Gasteiger charge is 2.55. The van der Waals surface area contributed by atoms with E-state index >= 15 is 0 Å². The average molecular weight is 230 g/mol. The normalized spacial score (nSPS) is 28.6. The van der Waals surface area contributed by atoms with Crippen molar-refractivity contribution in [3.63, 3.8) is 0 Å². The smallest absolute Gasteiger partial charge is 0.330 e. The monoisotopic (exact) mass is 230 g/mol. The highest BCUT2D eigenvalue weighted by Crippen LogP contribution is 2.38. The van der Waals surface area contributed by atoms with E-state index < -0.39 is 11.7 Å². The van der Waals surface area contributed by atoms with Crippen molar-refractivity contribution in [1.82, 2.24) is 4.90 Å². The first-order valence-corrected chi connectivity index (χ1v) is 4.64. The molecule has 0 aromatic carbocycles. The molecule has 0 fully saturated rings. The predicted octanol–water partition coefficient (Wildman–Crippen LogP) is 1.67. The molecule has 0 aliphatic carbocycles. The fourth-order valence-corrected chi connectivity index (χ4v) is 1.61. The number of carbonyl (C=O) groups is 1. The number of fused-ring (bicyclic) bond motifs is 1. The van der Waals surface area contributed by atoms with E-state index in [9.17, 15) is 18.0 Å². The number of aliphatic imine (C=N–C) groups is 1. The van der Waals surface area contributed by atoms with Crippen LogP contribution in [0.3, 0.4) is 0 Å². The number of hydrogen-bond donors (Lipinski definition) is 0. The van der Waals surface area contributed by atoms with Gasteiger partial charge in [-0.1, -0.05) is 0 Å². The number of alkyl halides is 3. The van der Waals surface area contributed by atoms with Gasteiger partial charge in [-0.05, 0) is 19.1 Å². The number of amidine groups is 1. The second-order valence-electron chi connectivity index (χ2n) is 3.95. The number of aldehydes is 1. The van der Waals surface area contributed by atoms with Gasteiger partial charge in [0.05, 0.1) is 6.54 Å². The zero-order valence-electron chi connectivity index (χ0n) is 8.45. The summed E-state index contributed by atoms with van der Waals surface area (Å²) < 4.78 is 38.1. The number of carbonyl (C=O) groups excluding carboxylic acids is 1. The second-order valence-corrected chi connectivity index (χ2v) is 3.95. The Bertz CT molecular complexity index is 422. The third-order valence-corrected chi connectivity index (χ3v) is 2.62. The molecule has 86 valence electrons. The van der Waals surface area contributed by atoms with Crippen LogP contribution in [0.25, 0.3) is 0 Å². The molecule has 6 heteroatoms. The summed E-state index contributed by atoms with van der Waals surface area (Å²) in [5, 5.41) is 0. The second kappa shape index (κ2) is 3.20. The summed E-state index contributed by atoms with van der Waals surface area (Å²) in [5.74, 6) is 0.185. The number of nitrogens with zero attached hydrogens (tertiary/aromatic N) is 2. The van der Waals surface area contributed by atoms with Gasteiger partial charge in [0, 0.05) is 11.8 Å². The van der Waals surface area contributed by atoms with Crippen LogP contribution in [-0.4, -0.2) is 35.3 Å². The molecule has 0 aromatic heterocycles. The van der Waals surface area contributed by atoms with Crippen molar-refractivity contribution in [3.8, 4) is 0 Å². The van der Waals surface area contributed by atoms with E-state index in [1.165, 1.54) is 23.3 Å². The Balaban J connectivity index is 2.36. The van der Waals surface area contributed by atoms with Gasteiger partial charge in [-0.25, -0.2) is 0 Å². The van der Waals surface area contributed by atoms with Crippen LogP contribution in [0.1, 0.15) is 6.92 Å². The lowest BCUT2D eigenvalue weighted by molar-refractivity contribution is -0.177. The molecule has 0 saturated heterocycles. The molecule has 0 N–H and O–H groups in total. The first-order valence-electron chi connectivity index (χ1n) is 4.64. The molecule has 0 aromatic rings. The summed E-state index contributed by atoms with van der Waals surface area (Å²) >= 11 is 0. The van der Waals surface area contributed by atoms with Gasteiger partial charge in [-0.15, -0.1) is 0 Å². The van der Waals surface area contributed by atoms with E-state index in [1.807, 2.05) is 0 Å².